The summed E-state index contributed by atoms with van der Waals surface area (Å²) in [5, 5.41) is 2.87. The minimum absolute atomic E-state index is 0.120. The quantitative estimate of drug-likeness (QED) is 0.573. The average molecular weight is 461 g/mol. The molecule has 6 heteroatoms. The van der Waals surface area contributed by atoms with Crippen molar-refractivity contribution in [3.63, 3.8) is 0 Å². The van der Waals surface area contributed by atoms with Crippen LogP contribution in [0.3, 0.4) is 0 Å². The van der Waals surface area contributed by atoms with Crippen molar-refractivity contribution in [1.82, 2.24) is 10.2 Å². The van der Waals surface area contributed by atoms with Crippen LogP contribution < -0.4 is 10.1 Å². The number of halogens is 1. The lowest BCUT2D eigenvalue weighted by atomic mass is 10.1. The molecular weight excluding hydrogens is 432 g/mol. The molecule has 0 spiro atoms. The molecule has 0 heterocycles. The normalized spacial score (nSPS) is 11.6. The van der Waals surface area contributed by atoms with Crippen LogP contribution in [-0.2, 0) is 22.6 Å². The smallest absolute Gasteiger partial charge is 0.261 e. The van der Waals surface area contributed by atoms with Gasteiger partial charge in [-0.15, -0.1) is 0 Å². The van der Waals surface area contributed by atoms with Crippen LogP contribution in [0.1, 0.15) is 38.3 Å². The van der Waals surface area contributed by atoms with Crippen molar-refractivity contribution in [2.24, 2.45) is 0 Å². The molecule has 0 radical (unpaired) electrons. The molecule has 0 aliphatic carbocycles. The van der Waals surface area contributed by atoms with E-state index in [1.165, 1.54) is 5.56 Å². The average Bonchev–Trinajstić information content (AvgIpc) is 2.74. The summed E-state index contributed by atoms with van der Waals surface area (Å²) in [6.45, 7) is 6.62. The molecule has 2 rings (SSSR count). The van der Waals surface area contributed by atoms with Crippen molar-refractivity contribution >= 4 is 27.7 Å². The number of aryl methyl sites for hydroxylation is 1. The van der Waals surface area contributed by atoms with E-state index < -0.39 is 6.04 Å². The topological polar surface area (TPSA) is 58.6 Å². The summed E-state index contributed by atoms with van der Waals surface area (Å²) in [5.41, 5.74) is 2.15. The Bertz CT molecular complexity index is 808. The minimum atomic E-state index is -0.598. The molecule has 2 aromatic rings. The van der Waals surface area contributed by atoms with Crippen LogP contribution in [-0.4, -0.2) is 35.9 Å². The third kappa shape index (κ3) is 7.20. The van der Waals surface area contributed by atoms with Gasteiger partial charge >= 0.3 is 0 Å². The van der Waals surface area contributed by atoms with E-state index in [0.717, 1.165) is 22.9 Å². The highest BCUT2D eigenvalue weighted by molar-refractivity contribution is 9.10. The van der Waals surface area contributed by atoms with Gasteiger partial charge in [-0.05, 0) is 55.2 Å². The first-order valence-corrected chi connectivity index (χ1v) is 10.8. The van der Waals surface area contributed by atoms with E-state index in [1.807, 2.05) is 55.5 Å². The number of carbonyl (C=O) groups excluding carboxylic acids is 2. The molecule has 2 aromatic carbocycles. The fraction of sp³-hybridized carbons (Fsp3) is 0.391. The summed E-state index contributed by atoms with van der Waals surface area (Å²) < 4.78 is 6.62. The van der Waals surface area contributed by atoms with Crippen molar-refractivity contribution in [2.75, 3.05) is 13.2 Å². The molecule has 1 N–H and O–H groups in total. The number of nitrogens with one attached hydrogen (secondary N) is 1. The van der Waals surface area contributed by atoms with Gasteiger partial charge in [-0.25, -0.2) is 0 Å². The number of rotatable bonds is 10. The number of nitrogens with zero attached hydrogens (tertiary/aromatic N) is 1. The molecule has 29 heavy (non-hydrogen) atoms. The van der Waals surface area contributed by atoms with Crippen LogP contribution in [0.15, 0.2) is 53.0 Å². The molecule has 0 saturated heterocycles. The molecule has 156 valence electrons. The van der Waals surface area contributed by atoms with Gasteiger partial charge in [0.2, 0.25) is 5.91 Å². The standard InChI is InChI=1S/C23H29BrN2O3/c1-4-13-25-23(28)17(3)26(15-19-7-6-8-20(24)14-19)22(27)16-29-21-11-9-18(5-2)10-12-21/h6-12,14,17H,4-5,13,15-16H2,1-3H3,(H,25,28)/t17-/m1/s1. The van der Waals surface area contributed by atoms with Crippen LogP contribution in [0, 0.1) is 0 Å². The molecular formula is C23H29BrN2O3. The molecule has 0 aromatic heterocycles. The zero-order valence-electron chi connectivity index (χ0n) is 17.3. The molecule has 0 bridgehead atoms. The van der Waals surface area contributed by atoms with Gasteiger partial charge in [-0.2, -0.15) is 0 Å². The highest BCUT2D eigenvalue weighted by Crippen LogP contribution is 2.17. The highest BCUT2D eigenvalue weighted by atomic mass is 79.9. The number of hydrogen-bond acceptors (Lipinski definition) is 3. The van der Waals surface area contributed by atoms with E-state index in [2.05, 4.69) is 28.2 Å². The van der Waals surface area contributed by atoms with Crippen LogP contribution in [0.5, 0.6) is 5.75 Å². The lowest BCUT2D eigenvalue weighted by Crippen LogP contribution is -2.49. The minimum Gasteiger partial charge on any atom is -0.484 e. The zero-order chi connectivity index (χ0) is 21.2. The van der Waals surface area contributed by atoms with Crippen LogP contribution in [0.2, 0.25) is 0 Å². The maximum atomic E-state index is 13.0. The van der Waals surface area contributed by atoms with Crippen LogP contribution in [0.4, 0.5) is 0 Å². The monoisotopic (exact) mass is 460 g/mol. The number of hydrogen-bond donors (Lipinski definition) is 1. The van der Waals surface area contributed by atoms with Crippen molar-refractivity contribution in [1.29, 1.82) is 0 Å². The largest absolute Gasteiger partial charge is 0.484 e. The first kappa shape index (κ1) is 22.9. The van der Waals surface area contributed by atoms with Crippen molar-refractivity contribution in [3.8, 4) is 5.75 Å². The Labute approximate surface area is 181 Å². The summed E-state index contributed by atoms with van der Waals surface area (Å²) >= 11 is 3.45. The summed E-state index contributed by atoms with van der Waals surface area (Å²) in [5.74, 6) is 0.243. The van der Waals surface area contributed by atoms with Gasteiger partial charge < -0.3 is 15.0 Å². The van der Waals surface area contributed by atoms with E-state index in [9.17, 15) is 9.59 Å². The van der Waals surface area contributed by atoms with E-state index >= 15 is 0 Å². The van der Waals surface area contributed by atoms with Gasteiger partial charge in [0.1, 0.15) is 11.8 Å². The fourth-order valence-electron chi connectivity index (χ4n) is 2.86. The van der Waals surface area contributed by atoms with Crippen molar-refractivity contribution in [3.05, 3.63) is 64.1 Å². The lowest BCUT2D eigenvalue weighted by Gasteiger charge is -2.28. The molecule has 0 saturated carbocycles. The second-order valence-corrected chi connectivity index (χ2v) is 7.82. The maximum Gasteiger partial charge on any atom is 0.261 e. The van der Waals surface area contributed by atoms with Crippen molar-refractivity contribution < 1.29 is 14.3 Å². The third-order valence-electron chi connectivity index (χ3n) is 4.65. The van der Waals surface area contributed by atoms with E-state index in [4.69, 9.17) is 4.74 Å². The lowest BCUT2D eigenvalue weighted by molar-refractivity contribution is -0.142. The molecule has 5 nitrogen and oxygen atoms in total. The third-order valence-corrected chi connectivity index (χ3v) is 5.15. The Balaban J connectivity index is 2.11. The fourth-order valence-corrected chi connectivity index (χ4v) is 3.31. The number of carbonyl (C=O) groups is 2. The first-order chi connectivity index (χ1) is 13.9. The van der Waals surface area contributed by atoms with Gasteiger partial charge in [0.25, 0.3) is 5.91 Å². The Hall–Kier alpha value is -2.34. The predicted molar refractivity (Wildman–Crippen MR) is 119 cm³/mol. The van der Waals surface area contributed by atoms with Crippen LogP contribution in [0.25, 0.3) is 0 Å². The SMILES string of the molecule is CCCNC(=O)[C@@H](C)N(Cc1cccc(Br)c1)C(=O)COc1ccc(CC)cc1. The molecule has 2 amide bonds. The van der Waals surface area contributed by atoms with Crippen LogP contribution >= 0.6 is 15.9 Å². The summed E-state index contributed by atoms with van der Waals surface area (Å²) in [6, 6.07) is 14.8. The summed E-state index contributed by atoms with van der Waals surface area (Å²) in [7, 11) is 0. The number of benzene rings is 2. The second kappa shape index (κ2) is 11.6. The second-order valence-electron chi connectivity index (χ2n) is 6.90. The van der Waals surface area contributed by atoms with Gasteiger partial charge in [0.15, 0.2) is 6.61 Å². The summed E-state index contributed by atoms with van der Waals surface area (Å²) in [6.07, 6.45) is 1.79. The Kier molecular flexibility index (Phi) is 9.19. The van der Waals surface area contributed by atoms with Gasteiger partial charge in [-0.3, -0.25) is 9.59 Å². The Morgan fingerprint density at radius 2 is 1.83 bits per heavy atom. The molecule has 1 atom stereocenters. The molecule has 0 aliphatic heterocycles. The number of ether oxygens (including phenoxy) is 1. The zero-order valence-corrected chi connectivity index (χ0v) is 18.9. The van der Waals surface area contributed by atoms with E-state index in [0.29, 0.717) is 18.8 Å². The Morgan fingerprint density at radius 1 is 1.10 bits per heavy atom. The molecule has 0 aliphatic rings. The molecule has 0 unspecified atom stereocenters. The predicted octanol–water partition coefficient (Wildman–Crippen LogP) is 4.33. The van der Waals surface area contributed by atoms with Gasteiger partial charge in [0, 0.05) is 17.6 Å². The maximum absolute atomic E-state index is 13.0. The highest BCUT2D eigenvalue weighted by Gasteiger charge is 2.26. The summed E-state index contributed by atoms with van der Waals surface area (Å²) in [4.78, 5) is 27.0. The Morgan fingerprint density at radius 3 is 2.45 bits per heavy atom. The van der Waals surface area contributed by atoms with E-state index in [1.54, 1.807) is 11.8 Å². The first-order valence-electron chi connectivity index (χ1n) is 9.98. The van der Waals surface area contributed by atoms with E-state index in [-0.39, 0.29) is 18.4 Å². The number of amides is 2. The van der Waals surface area contributed by atoms with Gasteiger partial charge in [0.05, 0.1) is 0 Å². The van der Waals surface area contributed by atoms with Gasteiger partial charge in [-0.1, -0.05) is 54.0 Å². The van der Waals surface area contributed by atoms with Crippen molar-refractivity contribution in [2.45, 2.75) is 46.2 Å². The molecule has 0 fully saturated rings.